The summed E-state index contributed by atoms with van der Waals surface area (Å²) in [5.41, 5.74) is 4.60. The van der Waals surface area contributed by atoms with Crippen molar-refractivity contribution in [2.75, 3.05) is 13.2 Å². The Kier molecular flexibility index (Phi) is 1.47. The van der Waals surface area contributed by atoms with Crippen molar-refractivity contribution in [2.45, 2.75) is 24.8 Å². The lowest BCUT2D eigenvalue weighted by molar-refractivity contribution is -0.152. The van der Waals surface area contributed by atoms with Gasteiger partial charge in [0.1, 0.15) is 5.54 Å². The predicted molar refractivity (Wildman–Crippen MR) is 41.7 cm³/mol. The van der Waals surface area contributed by atoms with Gasteiger partial charge in [0.05, 0.1) is 6.61 Å². The first-order chi connectivity index (χ1) is 5.61. The molecule has 0 amide bonds. The van der Waals surface area contributed by atoms with Crippen molar-refractivity contribution >= 4 is 5.97 Å². The van der Waals surface area contributed by atoms with Crippen molar-refractivity contribution in [1.29, 1.82) is 0 Å². The van der Waals surface area contributed by atoms with Gasteiger partial charge in [0.15, 0.2) is 0 Å². The molecule has 1 heterocycles. The Morgan fingerprint density at radius 1 is 1.42 bits per heavy atom. The Morgan fingerprint density at radius 2 is 2.08 bits per heavy atom. The fraction of sp³-hybridized carbons (Fsp3) is 0.875. The second-order valence-electron chi connectivity index (χ2n) is 3.86. The number of hydrogen-bond acceptors (Lipinski definition) is 3. The van der Waals surface area contributed by atoms with Gasteiger partial charge in [0.25, 0.3) is 0 Å². The molecule has 1 unspecified atom stereocenters. The van der Waals surface area contributed by atoms with E-state index in [1.165, 1.54) is 0 Å². The molecule has 0 aromatic heterocycles. The molecule has 0 aromatic carbocycles. The van der Waals surface area contributed by atoms with Crippen molar-refractivity contribution in [2.24, 2.45) is 11.1 Å². The Bertz CT molecular complexity index is 224. The Labute approximate surface area is 70.7 Å². The molecule has 1 atom stereocenters. The van der Waals surface area contributed by atoms with Crippen LogP contribution >= 0.6 is 0 Å². The number of carboxylic acid groups (broad SMARTS) is 1. The molecule has 1 spiro atoms. The van der Waals surface area contributed by atoms with Crippen LogP contribution in [0, 0.1) is 5.41 Å². The SMILES string of the molecule is NC1(C(=O)O)CCOCC12CC2. The third kappa shape index (κ3) is 0.820. The van der Waals surface area contributed by atoms with Crippen LogP contribution in [-0.4, -0.2) is 29.8 Å². The fourth-order valence-electron chi connectivity index (χ4n) is 1.97. The van der Waals surface area contributed by atoms with Gasteiger partial charge in [-0.3, -0.25) is 4.79 Å². The molecule has 0 aromatic rings. The third-order valence-corrected chi connectivity index (χ3v) is 3.20. The highest BCUT2D eigenvalue weighted by atomic mass is 16.5. The highest BCUT2D eigenvalue weighted by molar-refractivity contribution is 5.80. The lowest BCUT2D eigenvalue weighted by atomic mass is 9.78. The highest BCUT2D eigenvalue weighted by Crippen LogP contribution is 2.56. The van der Waals surface area contributed by atoms with Gasteiger partial charge < -0.3 is 15.6 Å². The van der Waals surface area contributed by atoms with Crippen LogP contribution in [0.2, 0.25) is 0 Å². The maximum Gasteiger partial charge on any atom is 0.324 e. The zero-order valence-corrected chi connectivity index (χ0v) is 6.88. The molecule has 4 nitrogen and oxygen atoms in total. The van der Waals surface area contributed by atoms with E-state index in [0.717, 1.165) is 12.8 Å². The molecule has 2 rings (SSSR count). The van der Waals surface area contributed by atoms with Gasteiger partial charge in [-0.15, -0.1) is 0 Å². The standard InChI is InChI=1S/C8H13NO3/c9-8(6(10)11)3-4-12-5-7(8)1-2-7/h1-5,9H2,(H,10,11). The predicted octanol–water partition coefficient (Wildman–Crippen LogP) is -0.0310. The average Bonchev–Trinajstić information content (AvgIpc) is 2.77. The molecule has 1 aliphatic carbocycles. The van der Waals surface area contributed by atoms with Gasteiger partial charge in [-0.1, -0.05) is 0 Å². The van der Waals surface area contributed by atoms with Crippen LogP contribution in [0.25, 0.3) is 0 Å². The zero-order chi connectivity index (χ0) is 8.82. The van der Waals surface area contributed by atoms with Crippen molar-refractivity contribution in [3.05, 3.63) is 0 Å². The van der Waals surface area contributed by atoms with E-state index in [9.17, 15) is 4.79 Å². The number of aliphatic carboxylic acids is 1. The van der Waals surface area contributed by atoms with E-state index in [2.05, 4.69) is 0 Å². The largest absolute Gasteiger partial charge is 0.480 e. The molecule has 68 valence electrons. The number of nitrogens with two attached hydrogens (primary N) is 1. The Hall–Kier alpha value is -0.610. The van der Waals surface area contributed by atoms with Crippen LogP contribution in [0.5, 0.6) is 0 Å². The summed E-state index contributed by atoms with van der Waals surface area (Å²) in [5.74, 6) is -0.872. The van der Waals surface area contributed by atoms with Crippen LogP contribution in [0.4, 0.5) is 0 Å². The van der Waals surface area contributed by atoms with Gasteiger partial charge in [0, 0.05) is 18.4 Å². The van der Waals surface area contributed by atoms with Gasteiger partial charge in [-0.25, -0.2) is 0 Å². The minimum absolute atomic E-state index is 0.239. The zero-order valence-electron chi connectivity index (χ0n) is 6.88. The lowest BCUT2D eigenvalue weighted by Crippen LogP contribution is -2.60. The first kappa shape index (κ1) is 8.01. The van der Waals surface area contributed by atoms with Crippen LogP contribution in [-0.2, 0) is 9.53 Å². The number of ether oxygens (including phenoxy) is 1. The average molecular weight is 171 g/mol. The van der Waals surface area contributed by atoms with E-state index in [4.69, 9.17) is 15.6 Å². The molecular weight excluding hydrogens is 158 g/mol. The molecule has 1 saturated carbocycles. The smallest absolute Gasteiger partial charge is 0.324 e. The Balaban J connectivity index is 2.26. The van der Waals surface area contributed by atoms with Crippen LogP contribution in [0.1, 0.15) is 19.3 Å². The van der Waals surface area contributed by atoms with Gasteiger partial charge in [-0.05, 0) is 12.8 Å². The van der Waals surface area contributed by atoms with Crippen LogP contribution in [0.15, 0.2) is 0 Å². The summed E-state index contributed by atoms with van der Waals surface area (Å²) in [4.78, 5) is 11.0. The van der Waals surface area contributed by atoms with E-state index in [0.29, 0.717) is 19.6 Å². The van der Waals surface area contributed by atoms with Crippen molar-refractivity contribution in [3.8, 4) is 0 Å². The molecule has 0 radical (unpaired) electrons. The van der Waals surface area contributed by atoms with Crippen LogP contribution < -0.4 is 5.73 Å². The summed E-state index contributed by atoms with van der Waals surface area (Å²) in [6, 6.07) is 0. The maximum absolute atomic E-state index is 11.0. The summed E-state index contributed by atoms with van der Waals surface area (Å²) >= 11 is 0. The minimum Gasteiger partial charge on any atom is -0.480 e. The van der Waals surface area contributed by atoms with E-state index < -0.39 is 11.5 Å². The van der Waals surface area contributed by atoms with Gasteiger partial charge in [0.2, 0.25) is 0 Å². The van der Waals surface area contributed by atoms with Crippen LogP contribution in [0.3, 0.4) is 0 Å². The van der Waals surface area contributed by atoms with Crippen molar-refractivity contribution < 1.29 is 14.6 Å². The molecule has 12 heavy (non-hydrogen) atoms. The summed E-state index contributed by atoms with van der Waals surface area (Å²) < 4.78 is 5.25. The molecule has 4 heteroatoms. The third-order valence-electron chi connectivity index (χ3n) is 3.20. The van der Waals surface area contributed by atoms with Gasteiger partial charge >= 0.3 is 5.97 Å². The number of hydrogen-bond donors (Lipinski definition) is 2. The topological polar surface area (TPSA) is 72.6 Å². The summed E-state index contributed by atoms with van der Waals surface area (Å²) in [6.45, 7) is 1.00. The first-order valence-corrected chi connectivity index (χ1v) is 4.21. The fourth-order valence-corrected chi connectivity index (χ4v) is 1.97. The normalized spacial score (nSPS) is 38.1. The molecule has 1 aliphatic heterocycles. The van der Waals surface area contributed by atoms with E-state index in [1.54, 1.807) is 0 Å². The monoisotopic (exact) mass is 171 g/mol. The van der Waals surface area contributed by atoms with Crippen molar-refractivity contribution in [1.82, 2.24) is 0 Å². The first-order valence-electron chi connectivity index (χ1n) is 4.21. The molecule has 3 N–H and O–H groups in total. The number of carbonyl (C=O) groups is 1. The van der Waals surface area contributed by atoms with Gasteiger partial charge in [-0.2, -0.15) is 0 Å². The summed E-state index contributed by atoms with van der Waals surface area (Å²) in [6.07, 6.45) is 2.24. The van der Waals surface area contributed by atoms with E-state index >= 15 is 0 Å². The summed E-state index contributed by atoms with van der Waals surface area (Å²) in [7, 11) is 0. The number of rotatable bonds is 1. The van der Waals surface area contributed by atoms with Crippen molar-refractivity contribution in [3.63, 3.8) is 0 Å². The summed E-state index contributed by atoms with van der Waals surface area (Å²) in [5, 5.41) is 8.99. The number of carboxylic acids is 1. The maximum atomic E-state index is 11.0. The minimum atomic E-state index is -1.02. The highest BCUT2D eigenvalue weighted by Gasteiger charge is 2.63. The quantitative estimate of drug-likeness (QED) is 0.581. The second kappa shape index (κ2) is 2.20. The second-order valence-corrected chi connectivity index (χ2v) is 3.86. The lowest BCUT2D eigenvalue weighted by Gasteiger charge is -2.37. The molecule has 1 saturated heterocycles. The molecule has 2 aliphatic rings. The molecule has 2 fully saturated rings. The molecule has 0 bridgehead atoms. The molecular formula is C8H13NO3. The van der Waals surface area contributed by atoms with E-state index in [1.807, 2.05) is 0 Å². The van der Waals surface area contributed by atoms with E-state index in [-0.39, 0.29) is 5.41 Å². The Morgan fingerprint density at radius 3 is 2.50 bits per heavy atom.